The van der Waals surface area contributed by atoms with Crippen LogP contribution in [0.4, 0.5) is 0 Å². The molecule has 0 aliphatic heterocycles. The van der Waals surface area contributed by atoms with Gasteiger partial charge in [-0.1, -0.05) is 0 Å². The fourth-order valence-corrected chi connectivity index (χ4v) is 3.95. The van der Waals surface area contributed by atoms with Crippen molar-refractivity contribution in [3.8, 4) is 0 Å². The van der Waals surface area contributed by atoms with Gasteiger partial charge in [0.15, 0.2) is 0 Å². The minimum absolute atomic E-state index is 0.171. The molecule has 5 nitrogen and oxygen atoms in total. The minimum Gasteiger partial charge on any atom is -0.481 e. The number of fused-ring (bicyclic) bond motifs is 2. The number of hydrogen-bond donors (Lipinski definition) is 2. The lowest BCUT2D eigenvalue weighted by molar-refractivity contribution is -0.144. The van der Waals surface area contributed by atoms with Gasteiger partial charge in [-0.3, -0.25) is 9.48 Å². The molecule has 1 aromatic rings. The maximum absolute atomic E-state index is 11.4. The average molecular weight is 263 g/mol. The highest BCUT2D eigenvalue weighted by Gasteiger charge is 2.50. The summed E-state index contributed by atoms with van der Waals surface area (Å²) in [5, 5.41) is 17.0. The molecular formula is C14H21N3O2. The molecule has 1 aromatic heterocycles. The largest absolute Gasteiger partial charge is 0.481 e. The molecule has 4 atom stereocenters. The third kappa shape index (κ3) is 2.27. The molecule has 1 heterocycles. The number of hydrogen-bond acceptors (Lipinski definition) is 3. The van der Waals surface area contributed by atoms with Crippen molar-refractivity contribution in [2.75, 3.05) is 6.54 Å². The molecule has 2 N–H and O–H groups in total. The van der Waals surface area contributed by atoms with Crippen molar-refractivity contribution in [2.45, 2.75) is 31.7 Å². The topological polar surface area (TPSA) is 67.2 Å². The smallest absolute Gasteiger partial charge is 0.308 e. The van der Waals surface area contributed by atoms with Crippen molar-refractivity contribution in [2.24, 2.45) is 24.8 Å². The Labute approximate surface area is 113 Å². The number of nitrogens with one attached hydrogen (secondary N) is 1. The van der Waals surface area contributed by atoms with Gasteiger partial charge in [-0.2, -0.15) is 5.10 Å². The number of rotatable bonds is 5. The van der Waals surface area contributed by atoms with Crippen LogP contribution in [0.5, 0.6) is 0 Å². The number of aryl methyl sites for hydroxylation is 1. The Balaban J connectivity index is 1.57. The van der Waals surface area contributed by atoms with Crippen molar-refractivity contribution >= 4 is 5.97 Å². The molecule has 0 spiro atoms. The second-order valence-corrected chi connectivity index (χ2v) is 5.87. The third-order valence-electron chi connectivity index (χ3n) is 4.89. The fraction of sp³-hybridized carbons (Fsp3) is 0.714. The van der Waals surface area contributed by atoms with E-state index in [1.165, 1.54) is 12.1 Å². The highest BCUT2D eigenvalue weighted by molar-refractivity contribution is 5.72. The van der Waals surface area contributed by atoms with Gasteiger partial charge in [0, 0.05) is 37.9 Å². The van der Waals surface area contributed by atoms with Crippen molar-refractivity contribution in [3.05, 3.63) is 18.0 Å². The van der Waals surface area contributed by atoms with Crippen LogP contribution in [0.2, 0.25) is 0 Å². The summed E-state index contributed by atoms with van der Waals surface area (Å²) in [5.41, 5.74) is 1.18. The minimum atomic E-state index is -0.620. The van der Waals surface area contributed by atoms with Crippen LogP contribution >= 0.6 is 0 Å². The van der Waals surface area contributed by atoms with Crippen LogP contribution in [0.3, 0.4) is 0 Å². The lowest BCUT2D eigenvalue weighted by atomic mass is 9.84. The molecule has 3 rings (SSSR count). The van der Waals surface area contributed by atoms with E-state index < -0.39 is 5.97 Å². The average Bonchev–Trinajstić information content (AvgIpc) is 3.05. The van der Waals surface area contributed by atoms with Gasteiger partial charge in [0.1, 0.15) is 0 Å². The summed E-state index contributed by atoms with van der Waals surface area (Å²) in [6, 6.07) is 2.18. The molecule has 0 aromatic carbocycles. The number of carbonyl (C=O) groups is 1. The quantitative estimate of drug-likeness (QED) is 0.833. The Morgan fingerprint density at radius 3 is 3.00 bits per heavy atom. The van der Waals surface area contributed by atoms with Gasteiger partial charge in [0.2, 0.25) is 0 Å². The molecule has 5 heteroatoms. The maximum atomic E-state index is 11.4. The van der Waals surface area contributed by atoms with Crippen LogP contribution in [0.25, 0.3) is 0 Å². The van der Waals surface area contributed by atoms with Gasteiger partial charge >= 0.3 is 5.97 Å². The highest BCUT2D eigenvalue weighted by atomic mass is 16.4. The molecule has 2 bridgehead atoms. The number of aliphatic carboxylic acids is 1. The zero-order chi connectivity index (χ0) is 13.4. The number of aromatic nitrogens is 2. The first-order valence-electron chi connectivity index (χ1n) is 7.10. The Hall–Kier alpha value is -1.36. The summed E-state index contributed by atoms with van der Waals surface area (Å²) in [7, 11) is 1.94. The summed E-state index contributed by atoms with van der Waals surface area (Å²) in [6.07, 6.45) is 6.09. The predicted octanol–water partition coefficient (Wildman–Crippen LogP) is 1.05. The highest BCUT2D eigenvalue weighted by Crippen LogP contribution is 2.48. The Bertz CT molecular complexity index is 471. The van der Waals surface area contributed by atoms with E-state index in [1.807, 2.05) is 17.8 Å². The molecule has 2 saturated carbocycles. The van der Waals surface area contributed by atoms with Crippen LogP contribution in [0.1, 0.15) is 25.0 Å². The summed E-state index contributed by atoms with van der Waals surface area (Å²) >= 11 is 0. The summed E-state index contributed by atoms with van der Waals surface area (Å²) in [4.78, 5) is 11.4. The van der Waals surface area contributed by atoms with Gasteiger partial charge < -0.3 is 10.4 Å². The van der Waals surface area contributed by atoms with Gasteiger partial charge in [-0.15, -0.1) is 0 Å². The Morgan fingerprint density at radius 2 is 2.32 bits per heavy atom. The van der Waals surface area contributed by atoms with Crippen LogP contribution in [-0.2, 0) is 18.3 Å². The van der Waals surface area contributed by atoms with Crippen LogP contribution < -0.4 is 5.32 Å². The van der Waals surface area contributed by atoms with Crippen molar-refractivity contribution < 1.29 is 9.90 Å². The van der Waals surface area contributed by atoms with Gasteiger partial charge in [0.25, 0.3) is 0 Å². The molecule has 2 aliphatic carbocycles. The first-order chi connectivity index (χ1) is 9.16. The Morgan fingerprint density at radius 1 is 1.53 bits per heavy atom. The number of nitrogens with zero attached hydrogens (tertiary/aromatic N) is 2. The first kappa shape index (κ1) is 12.7. The van der Waals surface area contributed by atoms with E-state index in [1.54, 1.807) is 6.20 Å². The number of carboxylic acid groups (broad SMARTS) is 1. The maximum Gasteiger partial charge on any atom is 0.308 e. The van der Waals surface area contributed by atoms with E-state index in [-0.39, 0.29) is 12.0 Å². The first-order valence-corrected chi connectivity index (χ1v) is 7.10. The van der Waals surface area contributed by atoms with E-state index in [9.17, 15) is 9.90 Å². The Kier molecular flexibility index (Phi) is 3.31. The summed E-state index contributed by atoms with van der Waals surface area (Å²) < 4.78 is 1.87. The molecule has 2 aliphatic rings. The van der Waals surface area contributed by atoms with Gasteiger partial charge in [-0.05, 0) is 37.2 Å². The predicted molar refractivity (Wildman–Crippen MR) is 70.7 cm³/mol. The van der Waals surface area contributed by atoms with Crippen LogP contribution in [0, 0.1) is 17.8 Å². The van der Waals surface area contributed by atoms with E-state index in [0.29, 0.717) is 11.8 Å². The monoisotopic (exact) mass is 263 g/mol. The summed E-state index contributed by atoms with van der Waals surface area (Å²) in [6.45, 7) is 0.831. The molecular weight excluding hydrogens is 242 g/mol. The van der Waals surface area contributed by atoms with Gasteiger partial charge in [0.05, 0.1) is 5.92 Å². The van der Waals surface area contributed by atoms with Crippen molar-refractivity contribution in [1.29, 1.82) is 0 Å². The molecule has 0 saturated heterocycles. The summed E-state index contributed by atoms with van der Waals surface area (Å²) in [5.74, 6) is 0.171. The lowest BCUT2D eigenvalue weighted by Crippen LogP contribution is -2.44. The molecule has 0 amide bonds. The van der Waals surface area contributed by atoms with E-state index in [4.69, 9.17) is 0 Å². The lowest BCUT2D eigenvalue weighted by Gasteiger charge is -2.29. The number of carboxylic acids is 1. The zero-order valence-corrected chi connectivity index (χ0v) is 11.2. The van der Waals surface area contributed by atoms with Crippen molar-refractivity contribution in [3.63, 3.8) is 0 Å². The van der Waals surface area contributed by atoms with E-state index in [2.05, 4.69) is 10.4 Å². The van der Waals surface area contributed by atoms with Gasteiger partial charge in [-0.25, -0.2) is 0 Å². The van der Waals surface area contributed by atoms with Crippen LogP contribution in [0.15, 0.2) is 12.3 Å². The molecule has 2 fully saturated rings. The molecule has 19 heavy (non-hydrogen) atoms. The second-order valence-electron chi connectivity index (χ2n) is 5.87. The molecule has 4 unspecified atom stereocenters. The normalized spacial score (nSPS) is 32.9. The molecule has 0 radical (unpaired) electrons. The molecule has 104 valence electrons. The van der Waals surface area contributed by atoms with E-state index in [0.717, 1.165) is 25.8 Å². The van der Waals surface area contributed by atoms with Crippen LogP contribution in [-0.4, -0.2) is 33.4 Å². The van der Waals surface area contributed by atoms with Crippen molar-refractivity contribution in [1.82, 2.24) is 15.1 Å². The SMILES string of the molecule is Cn1nccc1CCNC1C2CCC(C2)C1C(=O)O. The standard InChI is InChI=1S/C14H21N3O2/c1-17-11(5-7-16-17)4-6-15-13-10-3-2-9(8-10)12(13)14(18)19/h5,7,9-10,12-13,15H,2-4,6,8H2,1H3,(H,18,19). The van der Waals surface area contributed by atoms with E-state index >= 15 is 0 Å². The fourth-order valence-electron chi connectivity index (χ4n) is 3.95. The third-order valence-corrected chi connectivity index (χ3v) is 4.89. The second kappa shape index (κ2) is 4.96. The zero-order valence-electron chi connectivity index (χ0n) is 11.2.